The van der Waals surface area contributed by atoms with Gasteiger partial charge in [0.15, 0.2) is 0 Å². The molecule has 1 saturated heterocycles. The van der Waals surface area contributed by atoms with E-state index in [0.29, 0.717) is 18.4 Å². The number of carbonyl (C=O) groups is 1. The summed E-state index contributed by atoms with van der Waals surface area (Å²) in [6.07, 6.45) is 1.03. The number of hydrogen-bond acceptors (Lipinski definition) is 10. The number of aromatic amines is 1. The van der Waals surface area contributed by atoms with Crippen molar-refractivity contribution in [1.82, 2.24) is 14.6 Å². The van der Waals surface area contributed by atoms with Crippen molar-refractivity contribution in [3.63, 3.8) is 0 Å². The zero-order valence-corrected chi connectivity index (χ0v) is 20.1. The van der Waals surface area contributed by atoms with Crippen LogP contribution in [-0.4, -0.2) is 46.3 Å². The summed E-state index contributed by atoms with van der Waals surface area (Å²) in [4.78, 5) is 48.0. The number of aryl methyl sites for hydroxylation is 1. The van der Waals surface area contributed by atoms with Gasteiger partial charge < -0.3 is 14.0 Å². The predicted molar refractivity (Wildman–Crippen MR) is 121 cm³/mol. The standard InChI is InChI=1S/C20H25N4O10P/c1-12-10-23(20(27)21-18(12)25)17-9-8-16(33-17)11-32-35(30,22-13(2)19(26)31-3)34-15-6-4-14(5-7-15)24(28)29/h4-7,10,13,16-17H,8-9,11H2,1-3H3,(H,22,30)(H,21,25,27)/t13?,16-,17+,35?/m0/s1. The zero-order chi connectivity index (χ0) is 25.8. The normalized spacial score (nSPS) is 20.1. The number of H-pyrrole nitrogens is 1. The van der Waals surface area contributed by atoms with Crippen LogP contribution in [0.15, 0.2) is 40.1 Å². The smallest absolute Gasteiger partial charge is 0.459 e. The quantitative estimate of drug-likeness (QED) is 0.205. The van der Waals surface area contributed by atoms with Gasteiger partial charge in [-0.3, -0.25) is 33.8 Å². The van der Waals surface area contributed by atoms with Crippen LogP contribution >= 0.6 is 7.75 Å². The Morgan fingerprint density at radius 2 is 2.03 bits per heavy atom. The van der Waals surface area contributed by atoms with Crippen LogP contribution in [0.5, 0.6) is 5.75 Å². The number of nitrogens with zero attached hydrogens (tertiary/aromatic N) is 2. The Labute approximate surface area is 198 Å². The fraction of sp³-hybridized carbons (Fsp3) is 0.450. The fourth-order valence-corrected chi connectivity index (χ4v) is 4.84. The first-order chi connectivity index (χ1) is 16.5. The molecule has 1 aromatic carbocycles. The molecule has 0 bridgehead atoms. The number of rotatable bonds is 10. The van der Waals surface area contributed by atoms with Crippen molar-refractivity contribution in [2.24, 2.45) is 0 Å². The van der Waals surface area contributed by atoms with E-state index in [1.54, 1.807) is 6.92 Å². The highest BCUT2D eigenvalue weighted by Crippen LogP contribution is 2.46. The molecule has 35 heavy (non-hydrogen) atoms. The molecule has 4 atom stereocenters. The molecular formula is C20H25N4O10P. The van der Waals surface area contributed by atoms with E-state index >= 15 is 0 Å². The Morgan fingerprint density at radius 1 is 1.34 bits per heavy atom. The van der Waals surface area contributed by atoms with Gasteiger partial charge in [-0.25, -0.2) is 9.36 Å². The van der Waals surface area contributed by atoms with Gasteiger partial charge in [0.1, 0.15) is 18.0 Å². The molecule has 14 nitrogen and oxygen atoms in total. The molecule has 0 spiro atoms. The van der Waals surface area contributed by atoms with E-state index in [1.165, 1.54) is 29.8 Å². The SMILES string of the molecule is COC(=O)C(C)NP(=O)(OC[C@@H]1CC[C@H](n2cc(C)c(=O)[nH]c2=O)O1)Oc1ccc([N+](=O)[O-])cc1. The van der Waals surface area contributed by atoms with Crippen LogP contribution in [0.1, 0.15) is 31.6 Å². The second kappa shape index (κ2) is 11.0. The number of nitrogens with one attached hydrogen (secondary N) is 2. The number of carbonyl (C=O) groups excluding carboxylic acids is 1. The molecule has 1 fully saturated rings. The van der Waals surface area contributed by atoms with E-state index in [-0.39, 0.29) is 18.0 Å². The molecule has 15 heteroatoms. The monoisotopic (exact) mass is 512 g/mol. The Morgan fingerprint density at radius 3 is 2.66 bits per heavy atom. The lowest BCUT2D eigenvalue weighted by atomic mass is 10.2. The number of benzene rings is 1. The van der Waals surface area contributed by atoms with Gasteiger partial charge in [0.2, 0.25) is 0 Å². The van der Waals surface area contributed by atoms with Crippen LogP contribution in [0, 0.1) is 17.0 Å². The summed E-state index contributed by atoms with van der Waals surface area (Å²) in [7, 11) is -3.02. The molecule has 0 radical (unpaired) electrons. The van der Waals surface area contributed by atoms with E-state index in [4.69, 9.17) is 13.8 Å². The molecular weight excluding hydrogens is 487 g/mol. The van der Waals surface area contributed by atoms with Crippen LogP contribution in [0.25, 0.3) is 0 Å². The first-order valence-corrected chi connectivity index (χ1v) is 12.1. The first-order valence-electron chi connectivity index (χ1n) is 10.5. The summed E-state index contributed by atoms with van der Waals surface area (Å²) in [6, 6.07) is 3.75. The van der Waals surface area contributed by atoms with Crippen molar-refractivity contribution in [3.8, 4) is 5.75 Å². The van der Waals surface area contributed by atoms with Crippen LogP contribution in [-0.2, 0) is 23.4 Å². The first kappa shape index (κ1) is 26.3. The average molecular weight is 512 g/mol. The number of hydrogen-bond donors (Lipinski definition) is 2. The van der Waals surface area contributed by atoms with Gasteiger partial charge >= 0.3 is 19.4 Å². The van der Waals surface area contributed by atoms with Gasteiger partial charge in [0.25, 0.3) is 11.2 Å². The molecule has 0 aliphatic carbocycles. The zero-order valence-electron chi connectivity index (χ0n) is 19.2. The van der Waals surface area contributed by atoms with E-state index in [9.17, 15) is 29.1 Å². The molecule has 2 aromatic rings. The van der Waals surface area contributed by atoms with Gasteiger partial charge in [0, 0.05) is 23.9 Å². The summed E-state index contributed by atoms with van der Waals surface area (Å²) in [5.41, 5.74) is -0.954. The summed E-state index contributed by atoms with van der Waals surface area (Å²) in [5.74, 6) is -0.713. The Bertz CT molecular complexity index is 1240. The van der Waals surface area contributed by atoms with Crippen molar-refractivity contribution in [3.05, 3.63) is 67.0 Å². The lowest BCUT2D eigenvalue weighted by Gasteiger charge is -2.24. The van der Waals surface area contributed by atoms with Gasteiger partial charge in [-0.05, 0) is 38.8 Å². The van der Waals surface area contributed by atoms with E-state index in [1.807, 2.05) is 0 Å². The molecule has 2 N–H and O–H groups in total. The number of non-ortho nitro benzene ring substituents is 1. The average Bonchev–Trinajstić information content (AvgIpc) is 3.28. The predicted octanol–water partition coefficient (Wildman–Crippen LogP) is 1.79. The molecule has 2 unspecified atom stereocenters. The van der Waals surface area contributed by atoms with Crippen LogP contribution in [0.3, 0.4) is 0 Å². The Hall–Kier alpha value is -3.32. The maximum atomic E-state index is 13.4. The van der Waals surface area contributed by atoms with Crippen molar-refractivity contribution in [2.75, 3.05) is 13.7 Å². The number of methoxy groups -OCH3 is 1. The second-order valence-electron chi connectivity index (χ2n) is 7.78. The minimum absolute atomic E-state index is 0.00369. The third-order valence-corrected chi connectivity index (χ3v) is 6.79. The highest BCUT2D eigenvalue weighted by atomic mass is 31.2. The van der Waals surface area contributed by atoms with Crippen LogP contribution < -0.4 is 20.9 Å². The summed E-state index contributed by atoms with van der Waals surface area (Å²) >= 11 is 0. The highest BCUT2D eigenvalue weighted by Gasteiger charge is 2.35. The molecule has 3 rings (SSSR count). The summed E-state index contributed by atoms with van der Waals surface area (Å²) in [6.45, 7) is 2.73. The molecule has 190 valence electrons. The maximum absolute atomic E-state index is 13.4. The van der Waals surface area contributed by atoms with Crippen LogP contribution in [0.2, 0.25) is 0 Å². The van der Waals surface area contributed by atoms with E-state index in [0.717, 1.165) is 19.2 Å². The molecule has 2 heterocycles. The molecule has 0 amide bonds. The maximum Gasteiger partial charge on any atom is 0.459 e. The van der Waals surface area contributed by atoms with Gasteiger partial charge in [-0.15, -0.1) is 0 Å². The van der Waals surface area contributed by atoms with Gasteiger partial charge in [-0.1, -0.05) is 0 Å². The van der Waals surface area contributed by atoms with Crippen molar-refractivity contribution < 1.29 is 32.8 Å². The van der Waals surface area contributed by atoms with E-state index in [2.05, 4.69) is 14.8 Å². The topological polar surface area (TPSA) is 181 Å². The Balaban J connectivity index is 1.71. The number of nitro benzene ring substituents is 1. The molecule has 0 saturated carbocycles. The number of esters is 1. The fourth-order valence-electron chi connectivity index (χ4n) is 3.32. The van der Waals surface area contributed by atoms with E-state index < -0.39 is 48.3 Å². The minimum atomic E-state index is -4.19. The van der Waals surface area contributed by atoms with Crippen molar-refractivity contribution in [2.45, 2.75) is 45.1 Å². The molecule has 1 aromatic heterocycles. The lowest BCUT2D eigenvalue weighted by molar-refractivity contribution is -0.384. The lowest BCUT2D eigenvalue weighted by Crippen LogP contribution is -2.35. The third kappa shape index (κ3) is 6.63. The second-order valence-corrected chi connectivity index (χ2v) is 9.47. The summed E-state index contributed by atoms with van der Waals surface area (Å²) in [5, 5.41) is 13.3. The largest absolute Gasteiger partial charge is 0.468 e. The highest BCUT2D eigenvalue weighted by molar-refractivity contribution is 7.52. The third-order valence-electron chi connectivity index (χ3n) is 5.15. The molecule has 1 aliphatic rings. The van der Waals surface area contributed by atoms with Crippen molar-refractivity contribution >= 4 is 19.4 Å². The number of nitro groups is 1. The van der Waals surface area contributed by atoms with Crippen LogP contribution in [0.4, 0.5) is 5.69 Å². The Kier molecular flexibility index (Phi) is 8.22. The number of aromatic nitrogens is 2. The van der Waals surface area contributed by atoms with Crippen molar-refractivity contribution in [1.29, 1.82) is 0 Å². The summed E-state index contributed by atoms with van der Waals surface area (Å²) < 4.78 is 36.1. The van der Waals surface area contributed by atoms with Gasteiger partial charge in [-0.2, -0.15) is 5.09 Å². The minimum Gasteiger partial charge on any atom is -0.468 e. The molecule has 1 aliphatic heterocycles. The van der Waals surface area contributed by atoms with Gasteiger partial charge in [0.05, 0.1) is 24.7 Å². The number of ether oxygens (including phenoxy) is 2.